The van der Waals surface area contributed by atoms with E-state index in [1.54, 1.807) is 0 Å². The predicted molar refractivity (Wildman–Crippen MR) is 57.5 cm³/mol. The number of carbonyl (C=O) groups excluding carboxylic acids is 1. The van der Waals surface area contributed by atoms with E-state index in [9.17, 15) is 9.59 Å². The van der Waals surface area contributed by atoms with Gasteiger partial charge in [-0.05, 0) is 25.1 Å². The molecular weight excluding hydrogens is 192 g/mol. The molecule has 1 aliphatic rings. The van der Waals surface area contributed by atoms with Crippen LogP contribution in [0.3, 0.4) is 0 Å². The van der Waals surface area contributed by atoms with Gasteiger partial charge in [0.15, 0.2) is 0 Å². The third-order valence-corrected chi connectivity index (χ3v) is 2.73. The molecule has 0 amide bonds. The van der Waals surface area contributed by atoms with E-state index in [2.05, 4.69) is 0 Å². The van der Waals surface area contributed by atoms with E-state index in [4.69, 9.17) is 13.3 Å². The lowest BCUT2D eigenvalue weighted by Crippen LogP contribution is -2.17. The minimum atomic E-state index is -2.96. The molecular formula is C12H18O3. The molecule has 3 nitrogen and oxygen atoms in total. The van der Waals surface area contributed by atoms with Crippen LogP contribution >= 0.6 is 0 Å². The lowest BCUT2D eigenvalue weighted by atomic mass is 9.89. The summed E-state index contributed by atoms with van der Waals surface area (Å²) >= 11 is 0. The number of carboxylic acids is 1. The normalized spacial score (nSPS) is 34.7. The molecule has 0 heterocycles. The number of hydrogen-bond acceptors (Lipinski definition) is 2. The Balaban J connectivity index is 2.82. The van der Waals surface area contributed by atoms with E-state index in [0.717, 1.165) is 6.08 Å². The Kier molecular flexibility index (Phi) is 2.21. The van der Waals surface area contributed by atoms with Crippen molar-refractivity contribution in [1.29, 1.82) is 0 Å². The van der Waals surface area contributed by atoms with Gasteiger partial charge in [-0.15, -0.1) is 0 Å². The van der Waals surface area contributed by atoms with Gasteiger partial charge in [-0.1, -0.05) is 19.0 Å². The zero-order chi connectivity index (χ0) is 16.4. The Labute approximate surface area is 98.6 Å². The summed E-state index contributed by atoms with van der Waals surface area (Å²) in [5, 5.41) is 8.79. The highest BCUT2D eigenvalue weighted by molar-refractivity contribution is 5.84. The van der Waals surface area contributed by atoms with Crippen LogP contribution in [0, 0.1) is 11.8 Å². The van der Waals surface area contributed by atoms with Crippen LogP contribution in [0.2, 0.25) is 0 Å². The Bertz CT molecular complexity index is 454. The molecule has 15 heavy (non-hydrogen) atoms. The quantitative estimate of drug-likeness (QED) is 0.718. The summed E-state index contributed by atoms with van der Waals surface area (Å²) in [6.45, 7) is -2.96. The summed E-state index contributed by atoms with van der Waals surface area (Å²) < 4.78 is 43.7. The largest absolute Gasteiger partial charge is 0.481 e. The van der Waals surface area contributed by atoms with E-state index < -0.39 is 31.2 Å². The molecule has 1 fully saturated rings. The second kappa shape index (κ2) is 5.69. The van der Waals surface area contributed by atoms with E-state index in [1.807, 2.05) is 0 Å². The maximum Gasteiger partial charge on any atom is 0.303 e. The number of aliphatic carboxylic acids is 1. The van der Waals surface area contributed by atoms with Gasteiger partial charge in [0.1, 0.15) is 5.78 Å². The van der Waals surface area contributed by atoms with Crippen molar-refractivity contribution in [1.82, 2.24) is 0 Å². The molecule has 0 radical (unpaired) electrons. The molecule has 0 aromatic rings. The molecule has 0 saturated heterocycles. The van der Waals surface area contributed by atoms with Gasteiger partial charge in [-0.2, -0.15) is 0 Å². The molecule has 0 spiro atoms. The van der Waals surface area contributed by atoms with Crippen molar-refractivity contribution in [2.24, 2.45) is 11.8 Å². The summed E-state index contributed by atoms with van der Waals surface area (Å²) in [7, 11) is 0. The van der Waals surface area contributed by atoms with Gasteiger partial charge in [0, 0.05) is 25.6 Å². The van der Waals surface area contributed by atoms with Gasteiger partial charge in [-0.3, -0.25) is 9.59 Å². The first-order valence-electron chi connectivity index (χ1n) is 7.88. The number of carbonyl (C=O) groups is 2. The van der Waals surface area contributed by atoms with Crippen LogP contribution in [0.4, 0.5) is 0 Å². The Morgan fingerprint density at radius 3 is 3.33 bits per heavy atom. The highest BCUT2D eigenvalue weighted by Gasteiger charge is 2.34. The Morgan fingerprint density at radius 2 is 2.67 bits per heavy atom. The monoisotopic (exact) mass is 216 g/mol. The average Bonchev–Trinajstić information content (AvgIpc) is 2.65. The minimum Gasteiger partial charge on any atom is -0.481 e. The number of carboxylic acid groups (broad SMARTS) is 1. The minimum absolute atomic E-state index is 0.00516. The topological polar surface area (TPSA) is 54.4 Å². The highest BCUT2D eigenvalue weighted by Crippen LogP contribution is 2.33. The third kappa shape index (κ3) is 3.50. The highest BCUT2D eigenvalue weighted by atomic mass is 16.4. The standard InChI is InChI=1S/C12H18O3/c1-2-3-4-5-10-9(8-12(14)15)6-7-11(10)13/h3-4,9-10H,2,5-8H2,1H3,(H,14,15)/b4-3-/t9-,10-/m0/s1/i1D3,2D2,3D. The molecule has 1 saturated carbocycles. The number of Topliss-reactive ketones (excluding diaryl/α,β-unsaturated/α-hetero) is 1. The number of ketones is 1. The van der Waals surface area contributed by atoms with Gasteiger partial charge in [0.05, 0.1) is 1.37 Å². The molecule has 1 rings (SSSR count). The zero-order valence-electron chi connectivity index (χ0n) is 14.3. The van der Waals surface area contributed by atoms with Crippen LogP contribution in [0.15, 0.2) is 12.1 Å². The molecule has 2 atom stereocenters. The van der Waals surface area contributed by atoms with E-state index in [0.29, 0.717) is 6.42 Å². The molecule has 1 aliphatic carbocycles. The van der Waals surface area contributed by atoms with Crippen molar-refractivity contribution in [2.75, 3.05) is 0 Å². The van der Waals surface area contributed by atoms with Gasteiger partial charge in [-0.25, -0.2) is 0 Å². The van der Waals surface area contributed by atoms with E-state index in [-0.39, 0.29) is 31.0 Å². The zero-order valence-corrected chi connectivity index (χ0v) is 8.32. The average molecular weight is 216 g/mol. The summed E-state index contributed by atoms with van der Waals surface area (Å²) in [6, 6.07) is -0.698. The number of hydrogen-bond donors (Lipinski definition) is 1. The van der Waals surface area contributed by atoms with Crippen molar-refractivity contribution in [3.05, 3.63) is 12.1 Å². The third-order valence-electron chi connectivity index (χ3n) is 2.73. The lowest BCUT2D eigenvalue weighted by Gasteiger charge is -2.14. The van der Waals surface area contributed by atoms with Crippen molar-refractivity contribution >= 4 is 11.8 Å². The van der Waals surface area contributed by atoms with Crippen molar-refractivity contribution in [2.45, 2.75) is 38.9 Å². The smallest absolute Gasteiger partial charge is 0.303 e. The maximum absolute atomic E-state index is 11.7. The fourth-order valence-corrected chi connectivity index (χ4v) is 2.01. The van der Waals surface area contributed by atoms with Crippen molar-refractivity contribution < 1.29 is 22.9 Å². The van der Waals surface area contributed by atoms with Gasteiger partial charge >= 0.3 is 5.97 Å². The molecule has 0 unspecified atom stereocenters. The SMILES string of the molecule is [2H]/C(=C/C[C@@H]1C(=O)CC[C@H]1CC(=O)O)C([2H])([2H])C([2H])([2H])[2H]. The lowest BCUT2D eigenvalue weighted by molar-refractivity contribution is -0.138. The van der Waals surface area contributed by atoms with Crippen LogP contribution < -0.4 is 0 Å². The summed E-state index contributed by atoms with van der Waals surface area (Å²) in [6.07, 6.45) is -1.10. The first-order valence-corrected chi connectivity index (χ1v) is 4.88. The summed E-state index contributed by atoms with van der Waals surface area (Å²) in [4.78, 5) is 22.5. The Hall–Kier alpha value is -1.12. The predicted octanol–water partition coefficient (Wildman–Crippen LogP) is 2.41. The molecule has 84 valence electrons. The van der Waals surface area contributed by atoms with Crippen LogP contribution in [0.25, 0.3) is 0 Å². The van der Waals surface area contributed by atoms with Crippen LogP contribution in [0.5, 0.6) is 0 Å². The molecule has 0 bridgehead atoms. The number of allylic oxidation sites excluding steroid dienone is 2. The summed E-state index contributed by atoms with van der Waals surface area (Å²) in [5.74, 6) is -2.03. The molecule has 0 aromatic carbocycles. The van der Waals surface area contributed by atoms with Gasteiger partial charge in [0.25, 0.3) is 0 Å². The van der Waals surface area contributed by atoms with E-state index in [1.165, 1.54) is 0 Å². The van der Waals surface area contributed by atoms with Gasteiger partial charge < -0.3 is 5.11 Å². The second-order valence-corrected chi connectivity index (χ2v) is 3.68. The fourth-order valence-electron chi connectivity index (χ4n) is 2.01. The molecule has 1 N–H and O–H groups in total. The second-order valence-electron chi connectivity index (χ2n) is 3.68. The van der Waals surface area contributed by atoms with Crippen LogP contribution in [-0.2, 0) is 9.59 Å². The Morgan fingerprint density at radius 1 is 1.87 bits per heavy atom. The van der Waals surface area contributed by atoms with Crippen molar-refractivity contribution in [3.63, 3.8) is 0 Å². The first kappa shape index (κ1) is 5.83. The first-order chi connectivity index (χ1) is 9.46. The van der Waals surface area contributed by atoms with Crippen LogP contribution in [0.1, 0.15) is 47.1 Å². The maximum atomic E-state index is 11.7. The van der Waals surface area contributed by atoms with Gasteiger partial charge in [0.2, 0.25) is 0 Å². The van der Waals surface area contributed by atoms with E-state index >= 15 is 0 Å². The summed E-state index contributed by atoms with van der Waals surface area (Å²) in [5.41, 5.74) is 0. The van der Waals surface area contributed by atoms with Crippen LogP contribution in [-0.4, -0.2) is 16.9 Å². The molecule has 0 aliphatic heterocycles. The molecule has 3 heteroatoms. The number of rotatable bonds is 5. The molecule has 0 aromatic heterocycles. The van der Waals surface area contributed by atoms with Crippen molar-refractivity contribution in [3.8, 4) is 0 Å². The fraction of sp³-hybridized carbons (Fsp3) is 0.667.